The van der Waals surface area contributed by atoms with Crippen LogP contribution in [0.4, 0.5) is 0 Å². The van der Waals surface area contributed by atoms with Crippen molar-refractivity contribution in [3.05, 3.63) is 95.6 Å². The molecule has 5 atom stereocenters. The third-order valence-electron chi connectivity index (χ3n) is 9.83. The Morgan fingerprint density at radius 3 is 1.80 bits per heavy atom. The fraction of sp³-hybridized carbons (Fsp3) is 0.455. The number of hydrogen-bond acceptors (Lipinski definition) is 6. The van der Waals surface area contributed by atoms with E-state index >= 15 is 0 Å². The van der Waals surface area contributed by atoms with Crippen molar-refractivity contribution in [1.82, 2.24) is 25.8 Å². The number of nitrogens with one attached hydrogen (secondary N) is 3. The highest BCUT2D eigenvalue weighted by atomic mass is 16.2. The second kappa shape index (κ2) is 21.0. The SMILES string of the molecule is Cc1cccc(C[C@H](C)C(=O)N[C@@H](CC(C)C)C(=O)N[C@@H](Cc2ccc(-c3ccccc3)cc2)C(=O)N[C@H](C(=O)N(C)[C@@H](C)C(=O)N(C)CC(N)=O)C(C)C)c1. The first-order chi connectivity index (χ1) is 26.4. The highest BCUT2D eigenvalue weighted by Crippen LogP contribution is 2.20. The number of carbonyl (C=O) groups excluding carboxylic acids is 6. The van der Waals surface area contributed by atoms with Gasteiger partial charge < -0.3 is 31.5 Å². The first kappa shape index (κ1) is 44.9. The van der Waals surface area contributed by atoms with E-state index in [1.165, 1.54) is 25.9 Å². The maximum absolute atomic E-state index is 14.2. The van der Waals surface area contributed by atoms with Gasteiger partial charge in [-0.15, -0.1) is 0 Å². The van der Waals surface area contributed by atoms with Gasteiger partial charge in [0, 0.05) is 26.4 Å². The lowest BCUT2D eigenvalue weighted by Crippen LogP contribution is -2.60. The van der Waals surface area contributed by atoms with Crippen LogP contribution in [0.2, 0.25) is 0 Å². The highest BCUT2D eigenvalue weighted by molar-refractivity contribution is 5.96. The molecule has 0 spiro atoms. The quantitative estimate of drug-likeness (QED) is 0.144. The molecule has 5 N–H and O–H groups in total. The number of amides is 6. The number of nitrogens with two attached hydrogens (primary N) is 1. The number of rotatable bonds is 19. The average molecular weight is 769 g/mol. The summed E-state index contributed by atoms with van der Waals surface area (Å²) in [4.78, 5) is 82.5. The van der Waals surface area contributed by atoms with E-state index in [1.807, 2.05) is 107 Å². The van der Waals surface area contributed by atoms with Gasteiger partial charge in [-0.3, -0.25) is 28.8 Å². The third kappa shape index (κ3) is 13.3. The van der Waals surface area contributed by atoms with Crippen LogP contribution in [-0.4, -0.2) is 90.1 Å². The van der Waals surface area contributed by atoms with Crippen molar-refractivity contribution >= 4 is 35.4 Å². The molecule has 0 aliphatic carbocycles. The second-order valence-electron chi connectivity index (χ2n) is 15.6. The number of likely N-dealkylation sites (N-methyl/N-ethyl adjacent to an activating group) is 2. The van der Waals surface area contributed by atoms with Gasteiger partial charge in [-0.05, 0) is 60.8 Å². The molecule has 3 aromatic rings. The van der Waals surface area contributed by atoms with Crippen molar-refractivity contribution in [2.45, 2.75) is 91.9 Å². The Balaban J connectivity index is 1.88. The predicted molar refractivity (Wildman–Crippen MR) is 219 cm³/mol. The zero-order valence-electron chi connectivity index (χ0n) is 34.3. The van der Waals surface area contributed by atoms with Crippen LogP contribution in [0.3, 0.4) is 0 Å². The van der Waals surface area contributed by atoms with Gasteiger partial charge in [0.15, 0.2) is 0 Å². The summed E-state index contributed by atoms with van der Waals surface area (Å²) < 4.78 is 0. The van der Waals surface area contributed by atoms with Crippen LogP contribution in [0.15, 0.2) is 78.9 Å². The van der Waals surface area contributed by atoms with Gasteiger partial charge in [0.05, 0.1) is 6.54 Å². The van der Waals surface area contributed by atoms with Gasteiger partial charge in [-0.2, -0.15) is 0 Å². The predicted octanol–water partition coefficient (Wildman–Crippen LogP) is 4.03. The van der Waals surface area contributed by atoms with E-state index in [2.05, 4.69) is 16.0 Å². The molecule has 3 rings (SSSR count). The summed E-state index contributed by atoms with van der Waals surface area (Å²) in [5.41, 5.74) is 10.2. The molecule has 0 aliphatic rings. The fourth-order valence-corrected chi connectivity index (χ4v) is 6.46. The number of carbonyl (C=O) groups is 6. The monoisotopic (exact) mass is 768 g/mol. The molecular formula is C44H60N6O6. The number of nitrogens with zero attached hydrogens (tertiary/aromatic N) is 2. The molecule has 6 amide bonds. The zero-order chi connectivity index (χ0) is 41.7. The van der Waals surface area contributed by atoms with Crippen LogP contribution < -0.4 is 21.7 Å². The van der Waals surface area contributed by atoms with E-state index < -0.39 is 65.5 Å². The van der Waals surface area contributed by atoms with Crippen LogP contribution >= 0.6 is 0 Å². The minimum Gasteiger partial charge on any atom is -0.368 e. The van der Waals surface area contributed by atoms with Gasteiger partial charge in [0.1, 0.15) is 24.2 Å². The summed E-state index contributed by atoms with van der Waals surface area (Å²) in [7, 11) is 2.88. The second-order valence-corrected chi connectivity index (χ2v) is 15.6. The Kier molecular flexibility index (Phi) is 16.8. The number of benzene rings is 3. The molecule has 0 aliphatic heterocycles. The Bertz CT molecular complexity index is 1810. The van der Waals surface area contributed by atoms with E-state index in [0.717, 1.165) is 32.7 Å². The molecule has 302 valence electrons. The number of primary amides is 1. The van der Waals surface area contributed by atoms with Gasteiger partial charge in [0.2, 0.25) is 35.4 Å². The molecule has 0 saturated heterocycles. The van der Waals surface area contributed by atoms with E-state index in [4.69, 9.17) is 5.73 Å². The minimum atomic E-state index is -1.12. The third-order valence-corrected chi connectivity index (χ3v) is 9.83. The molecule has 0 heterocycles. The molecule has 0 saturated carbocycles. The Hall–Kier alpha value is -5.52. The maximum Gasteiger partial charge on any atom is 0.245 e. The number of hydrogen-bond donors (Lipinski definition) is 4. The van der Waals surface area contributed by atoms with E-state index in [9.17, 15) is 28.8 Å². The van der Waals surface area contributed by atoms with Crippen LogP contribution in [0, 0.1) is 24.7 Å². The normalized spacial score (nSPS) is 13.8. The molecule has 0 radical (unpaired) electrons. The summed E-state index contributed by atoms with van der Waals surface area (Å²) in [6, 6.07) is 21.4. The topological polar surface area (TPSA) is 171 Å². The molecule has 12 nitrogen and oxygen atoms in total. The summed E-state index contributed by atoms with van der Waals surface area (Å²) in [5.74, 6) is -3.87. The summed E-state index contributed by atoms with van der Waals surface area (Å²) in [5, 5.41) is 8.71. The van der Waals surface area contributed by atoms with Crippen LogP contribution in [0.5, 0.6) is 0 Å². The molecule has 3 aromatic carbocycles. The molecule has 0 bridgehead atoms. The first-order valence-corrected chi connectivity index (χ1v) is 19.3. The molecule has 0 unspecified atom stereocenters. The van der Waals surface area contributed by atoms with Crippen molar-refractivity contribution in [2.75, 3.05) is 20.6 Å². The Morgan fingerprint density at radius 2 is 1.23 bits per heavy atom. The average Bonchev–Trinajstić information content (AvgIpc) is 3.15. The smallest absolute Gasteiger partial charge is 0.245 e. The lowest BCUT2D eigenvalue weighted by molar-refractivity contribution is -0.146. The standard InChI is InChI=1S/C44H60N6O6/c1-27(2)22-36(46-40(52)30(6)24-33-15-13-14-29(5)23-33)41(53)47-37(25-32-18-20-35(21-19-32)34-16-11-10-12-17-34)42(54)48-39(28(3)4)44(56)50(9)31(7)43(55)49(8)26-38(45)51/h10-21,23,27-28,30-31,36-37,39H,22,24-26H2,1-9H3,(H2,45,51)(H,46,52)(H,47,53)(H,48,54)/t30-,31-,36-,37-,39-/m0/s1. The van der Waals surface area contributed by atoms with Crippen molar-refractivity contribution < 1.29 is 28.8 Å². The summed E-state index contributed by atoms with van der Waals surface area (Å²) in [6.45, 7) is 12.5. The largest absolute Gasteiger partial charge is 0.368 e. The first-order valence-electron chi connectivity index (χ1n) is 19.3. The summed E-state index contributed by atoms with van der Waals surface area (Å²) in [6.07, 6.45) is 0.932. The van der Waals surface area contributed by atoms with Crippen LogP contribution in [0.25, 0.3) is 11.1 Å². The molecular weight excluding hydrogens is 709 g/mol. The maximum atomic E-state index is 14.2. The van der Waals surface area contributed by atoms with Crippen LogP contribution in [-0.2, 0) is 41.6 Å². The van der Waals surface area contributed by atoms with Crippen LogP contribution in [0.1, 0.15) is 64.7 Å². The Labute approximate surface area is 332 Å². The van der Waals surface area contributed by atoms with Gasteiger partial charge in [-0.25, -0.2) is 0 Å². The fourth-order valence-electron chi connectivity index (χ4n) is 6.46. The van der Waals surface area contributed by atoms with Gasteiger partial charge >= 0.3 is 0 Å². The zero-order valence-corrected chi connectivity index (χ0v) is 34.3. The Morgan fingerprint density at radius 1 is 0.643 bits per heavy atom. The molecule has 56 heavy (non-hydrogen) atoms. The van der Waals surface area contributed by atoms with E-state index in [-0.39, 0.29) is 24.8 Å². The van der Waals surface area contributed by atoms with E-state index in [0.29, 0.717) is 12.8 Å². The summed E-state index contributed by atoms with van der Waals surface area (Å²) >= 11 is 0. The van der Waals surface area contributed by atoms with Crippen molar-refractivity contribution in [3.8, 4) is 11.1 Å². The van der Waals surface area contributed by atoms with Gasteiger partial charge in [-0.1, -0.05) is 119 Å². The van der Waals surface area contributed by atoms with Crippen molar-refractivity contribution in [1.29, 1.82) is 0 Å². The highest BCUT2D eigenvalue weighted by Gasteiger charge is 2.35. The number of aryl methyl sites for hydroxylation is 1. The molecule has 0 fully saturated rings. The van der Waals surface area contributed by atoms with Crippen molar-refractivity contribution in [3.63, 3.8) is 0 Å². The minimum absolute atomic E-state index is 0.0427. The molecule has 0 aromatic heterocycles. The van der Waals surface area contributed by atoms with E-state index in [1.54, 1.807) is 13.8 Å². The van der Waals surface area contributed by atoms with Gasteiger partial charge in [0.25, 0.3) is 0 Å². The van der Waals surface area contributed by atoms with Crippen molar-refractivity contribution in [2.24, 2.45) is 23.5 Å². The lowest BCUT2D eigenvalue weighted by Gasteiger charge is -2.33. The molecule has 12 heteroatoms. The lowest BCUT2D eigenvalue weighted by atomic mass is 9.96.